The molecule has 0 aromatic heterocycles. The number of rotatable bonds is 6. The predicted molar refractivity (Wildman–Crippen MR) is 81.9 cm³/mol. The third kappa shape index (κ3) is 6.77. The first-order chi connectivity index (χ1) is 9.41. The predicted octanol–water partition coefficient (Wildman–Crippen LogP) is -0.754. The van der Waals surface area contributed by atoms with Gasteiger partial charge in [-0.2, -0.15) is 0 Å². The smallest absolute Gasteiger partial charge is 0.241 e. The molecule has 1 fully saturated rings. The largest absolute Gasteiger partial charge is 0.346 e. The van der Waals surface area contributed by atoms with Crippen LogP contribution in [0.4, 0.5) is 0 Å². The summed E-state index contributed by atoms with van der Waals surface area (Å²) in [4.78, 5) is 36.5. The molecule has 1 heterocycles. The van der Waals surface area contributed by atoms with E-state index in [1.54, 1.807) is 4.90 Å². The van der Waals surface area contributed by atoms with Gasteiger partial charge in [0.05, 0.1) is 19.1 Å². The number of halogens is 1. The van der Waals surface area contributed by atoms with Crippen molar-refractivity contribution in [2.45, 2.75) is 32.7 Å². The highest BCUT2D eigenvalue weighted by molar-refractivity contribution is 5.89. The van der Waals surface area contributed by atoms with Gasteiger partial charge in [0.1, 0.15) is 0 Å². The quantitative estimate of drug-likeness (QED) is 0.598. The maximum absolute atomic E-state index is 11.7. The van der Waals surface area contributed by atoms with Gasteiger partial charge in [-0.15, -0.1) is 12.4 Å². The second-order valence-electron chi connectivity index (χ2n) is 5.35. The Morgan fingerprint density at radius 2 is 1.67 bits per heavy atom. The Kier molecular flexibility index (Phi) is 8.96. The molecule has 4 N–H and O–H groups in total. The van der Waals surface area contributed by atoms with E-state index >= 15 is 0 Å². The van der Waals surface area contributed by atoms with Crippen molar-refractivity contribution >= 4 is 30.1 Å². The monoisotopic (exact) mass is 320 g/mol. The molecule has 122 valence electrons. The van der Waals surface area contributed by atoms with E-state index in [0.717, 1.165) is 25.9 Å². The third-order valence-corrected chi connectivity index (χ3v) is 3.34. The fraction of sp³-hybridized carbons (Fsp3) is 0.769. The van der Waals surface area contributed by atoms with Crippen LogP contribution in [0.5, 0.6) is 0 Å². The maximum Gasteiger partial charge on any atom is 0.241 e. The first-order valence-electron chi connectivity index (χ1n) is 6.99. The average Bonchev–Trinajstić information content (AvgIpc) is 2.95. The number of carbonyl (C=O) groups excluding carboxylic acids is 3. The number of nitrogens with one attached hydrogen (secondary N) is 2. The van der Waals surface area contributed by atoms with Crippen LogP contribution in [-0.2, 0) is 14.4 Å². The lowest BCUT2D eigenvalue weighted by Gasteiger charge is -2.16. The summed E-state index contributed by atoms with van der Waals surface area (Å²) >= 11 is 0. The first kappa shape index (κ1) is 19.7. The standard InChI is InChI=1S/C13H24N4O3.ClH/c1-9(2)12(14)13(20)16-7-10(18)15-8-11(19)17-5-3-4-6-17;/h9,12H,3-8,14H2,1-2H3,(H,15,18)(H,16,20);1H/t12-;/m0./s1. The number of nitrogens with two attached hydrogens (primary N) is 1. The number of hydrogen-bond donors (Lipinski definition) is 3. The van der Waals surface area contributed by atoms with Crippen LogP contribution in [-0.4, -0.2) is 54.8 Å². The second-order valence-corrected chi connectivity index (χ2v) is 5.35. The molecule has 0 aromatic rings. The molecular formula is C13H25ClN4O3. The maximum atomic E-state index is 11.7. The normalized spacial score (nSPS) is 15.3. The summed E-state index contributed by atoms with van der Waals surface area (Å²) < 4.78 is 0. The van der Waals surface area contributed by atoms with Crippen molar-refractivity contribution < 1.29 is 14.4 Å². The van der Waals surface area contributed by atoms with Gasteiger partial charge in [-0.25, -0.2) is 0 Å². The molecule has 21 heavy (non-hydrogen) atoms. The van der Waals surface area contributed by atoms with Gasteiger partial charge in [-0.05, 0) is 18.8 Å². The topological polar surface area (TPSA) is 105 Å². The molecular weight excluding hydrogens is 296 g/mol. The molecule has 7 nitrogen and oxygen atoms in total. The van der Waals surface area contributed by atoms with Crippen molar-refractivity contribution in [3.8, 4) is 0 Å². The van der Waals surface area contributed by atoms with Crippen LogP contribution in [0.25, 0.3) is 0 Å². The lowest BCUT2D eigenvalue weighted by Crippen LogP contribution is -2.48. The molecule has 0 bridgehead atoms. The van der Waals surface area contributed by atoms with E-state index in [1.165, 1.54) is 0 Å². The minimum Gasteiger partial charge on any atom is -0.346 e. The summed E-state index contributed by atoms with van der Waals surface area (Å²) in [5.74, 6) is -0.821. The molecule has 0 aromatic carbocycles. The van der Waals surface area contributed by atoms with Crippen molar-refractivity contribution in [3.63, 3.8) is 0 Å². The molecule has 1 aliphatic heterocycles. The average molecular weight is 321 g/mol. The highest BCUT2D eigenvalue weighted by atomic mass is 35.5. The van der Waals surface area contributed by atoms with Crippen molar-refractivity contribution in [1.82, 2.24) is 15.5 Å². The zero-order valence-corrected chi connectivity index (χ0v) is 13.4. The van der Waals surface area contributed by atoms with Crippen LogP contribution in [0.3, 0.4) is 0 Å². The van der Waals surface area contributed by atoms with E-state index in [9.17, 15) is 14.4 Å². The number of nitrogens with zero attached hydrogens (tertiary/aromatic N) is 1. The van der Waals surface area contributed by atoms with Crippen molar-refractivity contribution in [2.24, 2.45) is 11.7 Å². The Morgan fingerprint density at radius 3 is 2.19 bits per heavy atom. The van der Waals surface area contributed by atoms with Crippen LogP contribution in [0, 0.1) is 5.92 Å². The van der Waals surface area contributed by atoms with Gasteiger partial charge in [0.15, 0.2) is 0 Å². The molecule has 1 rings (SSSR count). The van der Waals surface area contributed by atoms with E-state index in [4.69, 9.17) is 5.73 Å². The summed E-state index contributed by atoms with van der Waals surface area (Å²) in [5, 5.41) is 4.95. The van der Waals surface area contributed by atoms with Gasteiger partial charge in [-0.1, -0.05) is 13.8 Å². The summed E-state index contributed by atoms with van der Waals surface area (Å²) in [5.41, 5.74) is 5.65. The van der Waals surface area contributed by atoms with Gasteiger partial charge in [-0.3, -0.25) is 14.4 Å². The fourth-order valence-corrected chi connectivity index (χ4v) is 1.90. The van der Waals surface area contributed by atoms with Crippen LogP contribution in [0.1, 0.15) is 26.7 Å². The third-order valence-electron chi connectivity index (χ3n) is 3.34. The van der Waals surface area contributed by atoms with Crippen molar-refractivity contribution in [3.05, 3.63) is 0 Å². The summed E-state index contributed by atoms with van der Waals surface area (Å²) in [6, 6.07) is -0.631. The van der Waals surface area contributed by atoms with E-state index in [2.05, 4.69) is 10.6 Å². The lowest BCUT2D eigenvalue weighted by atomic mass is 10.1. The Labute approximate surface area is 131 Å². The summed E-state index contributed by atoms with van der Waals surface area (Å²) in [6.45, 7) is 5.00. The Hall–Kier alpha value is -1.34. The number of likely N-dealkylation sites (tertiary alicyclic amines) is 1. The van der Waals surface area contributed by atoms with Crippen LogP contribution in [0.15, 0.2) is 0 Å². The van der Waals surface area contributed by atoms with E-state index in [-0.39, 0.29) is 49.1 Å². The fourth-order valence-electron chi connectivity index (χ4n) is 1.90. The van der Waals surface area contributed by atoms with E-state index < -0.39 is 6.04 Å². The highest BCUT2D eigenvalue weighted by Gasteiger charge is 2.19. The van der Waals surface area contributed by atoms with Crippen molar-refractivity contribution in [1.29, 1.82) is 0 Å². The van der Waals surface area contributed by atoms with Gasteiger partial charge in [0.2, 0.25) is 17.7 Å². The molecule has 3 amide bonds. The highest BCUT2D eigenvalue weighted by Crippen LogP contribution is 2.06. The molecule has 1 atom stereocenters. The molecule has 1 aliphatic rings. The van der Waals surface area contributed by atoms with Crippen LogP contribution < -0.4 is 16.4 Å². The van der Waals surface area contributed by atoms with E-state index in [0.29, 0.717) is 0 Å². The molecule has 0 unspecified atom stereocenters. The number of amides is 3. The second kappa shape index (κ2) is 9.57. The van der Waals surface area contributed by atoms with Gasteiger partial charge in [0.25, 0.3) is 0 Å². The molecule has 0 aliphatic carbocycles. The van der Waals surface area contributed by atoms with E-state index in [1.807, 2.05) is 13.8 Å². The van der Waals surface area contributed by atoms with Gasteiger partial charge >= 0.3 is 0 Å². The Balaban J connectivity index is 0.00000400. The van der Waals surface area contributed by atoms with Crippen LogP contribution >= 0.6 is 12.4 Å². The Morgan fingerprint density at radius 1 is 1.10 bits per heavy atom. The minimum absolute atomic E-state index is 0. The van der Waals surface area contributed by atoms with Gasteiger partial charge in [0, 0.05) is 13.1 Å². The Bertz CT molecular complexity index is 350. The lowest BCUT2D eigenvalue weighted by molar-refractivity contribution is -0.132. The number of hydrogen-bond acceptors (Lipinski definition) is 4. The SMILES string of the molecule is CC(C)[C@H](N)C(=O)NCC(=O)NCC(=O)N1CCCC1.Cl. The first-order valence-corrected chi connectivity index (χ1v) is 6.99. The number of carbonyl (C=O) groups is 3. The molecule has 1 saturated heterocycles. The summed E-state index contributed by atoms with van der Waals surface area (Å²) in [6.07, 6.45) is 2.03. The molecule has 8 heteroatoms. The van der Waals surface area contributed by atoms with Gasteiger partial charge < -0.3 is 21.3 Å². The molecule has 0 saturated carbocycles. The zero-order valence-electron chi connectivity index (χ0n) is 12.6. The minimum atomic E-state index is -0.631. The molecule has 0 radical (unpaired) electrons. The van der Waals surface area contributed by atoms with Crippen molar-refractivity contribution in [2.75, 3.05) is 26.2 Å². The van der Waals surface area contributed by atoms with Crippen LogP contribution in [0.2, 0.25) is 0 Å². The molecule has 0 spiro atoms. The zero-order chi connectivity index (χ0) is 15.1. The summed E-state index contributed by atoms with van der Waals surface area (Å²) in [7, 11) is 0.